The Bertz CT molecular complexity index is 1600. The Morgan fingerprint density at radius 1 is 0.804 bits per heavy atom. The number of nitrogens with two attached hydrogens (primary N) is 1. The van der Waals surface area contributed by atoms with E-state index in [0.29, 0.717) is 74.8 Å². The van der Waals surface area contributed by atoms with Crippen molar-refractivity contribution in [2.45, 2.75) is 22.9 Å². The van der Waals surface area contributed by atoms with Crippen molar-refractivity contribution in [3.63, 3.8) is 0 Å². The second-order valence-corrected chi connectivity index (χ2v) is 11.5. The van der Waals surface area contributed by atoms with Crippen LogP contribution in [0.2, 0.25) is 5.02 Å². The molecule has 14 heteroatoms. The summed E-state index contributed by atoms with van der Waals surface area (Å²) in [4.78, 5) is 28.0. The molecular weight excluding hydrogens is 634 g/mol. The molecule has 2 N–H and O–H groups in total. The molecule has 0 fully saturated rings. The molecule has 0 radical (unpaired) electrons. The summed E-state index contributed by atoms with van der Waals surface area (Å²) in [5.74, 6) is -0.0578. The first-order valence-corrected chi connectivity index (χ1v) is 15.8. The van der Waals surface area contributed by atoms with Gasteiger partial charge in [0.1, 0.15) is 24.7 Å². The first kappa shape index (κ1) is 33.4. The van der Waals surface area contributed by atoms with Gasteiger partial charge in [0.25, 0.3) is 5.91 Å². The fraction of sp³-hybridized carbons (Fsp3) is 0.312. The van der Waals surface area contributed by atoms with E-state index in [-0.39, 0.29) is 19.1 Å². The number of benzene rings is 3. The molecule has 0 saturated heterocycles. The Morgan fingerprint density at radius 2 is 1.48 bits per heavy atom. The summed E-state index contributed by atoms with van der Waals surface area (Å²) in [7, 11) is 0. The van der Waals surface area contributed by atoms with Gasteiger partial charge in [0.05, 0.1) is 70.4 Å². The Balaban J connectivity index is 1.01. The number of anilines is 2. The van der Waals surface area contributed by atoms with Crippen LogP contribution in [0, 0.1) is 0 Å². The number of carbonyl (C=O) groups is 2. The highest BCUT2D eigenvalue weighted by Gasteiger charge is 2.29. The third-order valence-electron chi connectivity index (χ3n) is 6.59. The van der Waals surface area contributed by atoms with E-state index in [2.05, 4.69) is 10.3 Å². The number of primary amides is 1. The van der Waals surface area contributed by atoms with E-state index in [1.54, 1.807) is 51.8 Å². The summed E-state index contributed by atoms with van der Waals surface area (Å²) in [5, 5.41) is 8.85. The molecule has 0 bridgehead atoms. The van der Waals surface area contributed by atoms with Gasteiger partial charge >= 0.3 is 0 Å². The zero-order chi connectivity index (χ0) is 32.1. The van der Waals surface area contributed by atoms with Crippen LogP contribution in [-0.4, -0.2) is 79.7 Å². The molecule has 1 aliphatic heterocycles. The van der Waals surface area contributed by atoms with Gasteiger partial charge in [-0.2, -0.15) is 0 Å². The Morgan fingerprint density at radius 3 is 2.22 bits per heavy atom. The van der Waals surface area contributed by atoms with Crippen molar-refractivity contribution in [3.8, 4) is 5.75 Å². The number of nitrogens with zero attached hydrogens (tertiary/aromatic N) is 4. The highest BCUT2D eigenvalue weighted by atomic mass is 35.5. The molecule has 0 atom stereocenters. The van der Waals surface area contributed by atoms with Crippen LogP contribution >= 0.6 is 23.4 Å². The van der Waals surface area contributed by atoms with E-state index in [9.17, 15) is 9.59 Å². The van der Waals surface area contributed by atoms with Gasteiger partial charge in [-0.3, -0.25) is 14.5 Å². The van der Waals surface area contributed by atoms with Crippen molar-refractivity contribution in [2.75, 3.05) is 57.8 Å². The molecule has 4 aromatic rings. The molecule has 2 heterocycles. The molecule has 242 valence electrons. The summed E-state index contributed by atoms with van der Waals surface area (Å²) < 4.78 is 28.9. The zero-order valence-corrected chi connectivity index (χ0v) is 26.6. The van der Waals surface area contributed by atoms with Gasteiger partial charge in [-0.05, 0) is 54.6 Å². The van der Waals surface area contributed by atoms with Crippen molar-refractivity contribution in [2.24, 2.45) is 5.73 Å². The van der Waals surface area contributed by atoms with Crippen molar-refractivity contribution in [1.82, 2.24) is 15.0 Å². The first-order valence-electron chi connectivity index (χ1n) is 14.6. The summed E-state index contributed by atoms with van der Waals surface area (Å²) in [6.07, 6.45) is 1.80. The SMILES string of the molecule is NC(=O)COCCOCCOCCOCCn1cc(COc2ccc(C(=O)N3c4ccccc4Sc4ccc(Cl)cc43)cc2)nn1. The predicted molar refractivity (Wildman–Crippen MR) is 172 cm³/mol. The molecule has 0 saturated carbocycles. The molecule has 3 aromatic carbocycles. The number of para-hydroxylation sites is 1. The lowest BCUT2D eigenvalue weighted by atomic mass is 10.1. The Labute approximate surface area is 275 Å². The van der Waals surface area contributed by atoms with E-state index >= 15 is 0 Å². The van der Waals surface area contributed by atoms with Gasteiger partial charge in [0.2, 0.25) is 5.91 Å². The van der Waals surface area contributed by atoms with Crippen LogP contribution in [0.5, 0.6) is 5.75 Å². The number of halogens is 1. The van der Waals surface area contributed by atoms with E-state index in [1.165, 1.54) is 0 Å². The van der Waals surface area contributed by atoms with Crippen molar-refractivity contribution < 1.29 is 33.3 Å². The number of aromatic nitrogens is 3. The number of hydrogen-bond acceptors (Lipinski definition) is 10. The number of hydrogen-bond donors (Lipinski definition) is 1. The number of carbonyl (C=O) groups excluding carboxylic acids is 2. The lowest BCUT2D eigenvalue weighted by Gasteiger charge is -2.31. The van der Waals surface area contributed by atoms with Gasteiger partial charge in [-0.15, -0.1) is 5.10 Å². The minimum atomic E-state index is -0.506. The maximum atomic E-state index is 13.7. The number of fused-ring (bicyclic) bond motifs is 2. The highest BCUT2D eigenvalue weighted by molar-refractivity contribution is 7.99. The molecule has 0 aliphatic carbocycles. The largest absolute Gasteiger partial charge is 0.487 e. The predicted octanol–water partition coefficient (Wildman–Crippen LogP) is 4.51. The zero-order valence-electron chi connectivity index (χ0n) is 25.0. The number of rotatable bonds is 18. The summed E-state index contributed by atoms with van der Waals surface area (Å²) in [5.41, 5.74) is 7.74. The smallest absolute Gasteiger partial charge is 0.262 e. The molecule has 1 aromatic heterocycles. The van der Waals surface area contributed by atoms with Gasteiger partial charge in [0.15, 0.2) is 0 Å². The highest BCUT2D eigenvalue weighted by Crippen LogP contribution is 2.49. The second-order valence-electron chi connectivity index (χ2n) is 9.96. The van der Waals surface area contributed by atoms with Gasteiger partial charge in [-0.25, -0.2) is 4.68 Å². The molecular formula is C32H34ClN5O7S. The fourth-order valence-corrected chi connectivity index (χ4v) is 5.64. The van der Waals surface area contributed by atoms with Gasteiger partial charge < -0.3 is 29.4 Å². The molecule has 0 spiro atoms. The van der Waals surface area contributed by atoms with Crippen LogP contribution in [0.25, 0.3) is 0 Å². The van der Waals surface area contributed by atoms with Crippen molar-refractivity contribution in [1.29, 1.82) is 0 Å². The topological polar surface area (TPSA) is 140 Å². The van der Waals surface area contributed by atoms with Gasteiger partial charge in [-0.1, -0.05) is 40.7 Å². The quantitative estimate of drug-likeness (QED) is 0.151. The monoisotopic (exact) mass is 667 g/mol. The van der Waals surface area contributed by atoms with Crippen LogP contribution in [0.4, 0.5) is 11.4 Å². The lowest BCUT2D eigenvalue weighted by molar-refractivity contribution is -0.123. The third-order valence-corrected chi connectivity index (χ3v) is 7.96. The van der Waals surface area contributed by atoms with Gasteiger partial charge in [0, 0.05) is 20.4 Å². The van der Waals surface area contributed by atoms with E-state index in [0.717, 1.165) is 21.2 Å². The minimum absolute atomic E-state index is 0.109. The summed E-state index contributed by atoms with van der Waals surface area (Å²) in [6, 6.07) is 20.4. The second kappa shape index (κ2) is 17.1. The normalized spacial score (nSPS) is 12.1. The maximum Gasteiger partial charge on any atom is 0.262 e. The molecule has 2 amide bonds. The minimum Gasteiger partial charge on any atom is -0.487 e. The standard InChI is InChI=1S/C32H34ClN5O7S/c33-24-7-10-30-28(19-24)38(27-3-1-2-4-29(27)46-30)32(40)23-5-8-26(9-6-23)45-21-25-20-37(36-35-25)11-12-41-13-14-42-15-16-43-17-18-44-22-31(34)39/h1-10,19-20H,11-18,21-22H2,(H2,34,39). The van der Waals surface area contributed by atoms with E-state index < -0.39 is 5.91 Å². The summed E-state index contributed by atoms with van der Waals surface area (Å²) >= 11 is 7.92. The van der Waals surface area contributed by atoms with Crippen LogP contribution < -0.4 is 15.4 Å². The van der Waals surface area contributed by atoms with Crippen LogP contribution in [0.15, 0.2) is 82.7 Å². The molecule has 46 heavy (non-hydrogen) atoms. The van der Waals surface area contributed by atoms with Crippen molar-refractivity contribution >= 4 is 46.6 Å². The van der Waals surface area contributed by atoms with Crippen LogP contribution in [-0.2, 0) is 36.9 Å². The average molecular weight is 668 g/mol. The Hall–Kier alpha value is -3.98. The maximum absolute atomic E-state index is 13.7. The molecule has 0 unspecified atom stereocenters. The first-order chi connectivity index (χ1) is 22.5. The lowest BCUT2D eigenvalue weighted by Crippen LogP contribution is -2.28. The number of amides is 2. The third kappa shape index (κ3) is 9.52. The van der Waals surface area contributed by atoms with Crippen LogP contribution in [0.3, 0.4) is 0 Å². The van der Waals surface area contributed by atoms with E-state index in [1.807, 2.05) is 42.5 Å². The van der Waals surface area contributed by atoms with Crippen LogP contribution in [0.1, 0.15) is 16.1 Å². The summed E-state index contributed by atoms with van der Waals surface area (Å²) in [6.45, 7) is 3.50. The fourth-order valence-electron chi connectivity index (χ4n) is 4.43. The average Bonchev–Trinajstić information content (AvgIpc) is 3.52. The molecule has 12 nitrogen and oxygen atoms in total. The molecule has 5 rings (SSSR count). The number of ether oxygens (including phenoxy) is 5. The Kier molecular flexibility index (Phi) is 12.4. The van der Waals surface area contributed by atoms with E-state index in [4.69, 9.17) is 41.0 Å². The van der Waals surface area contributed by atoms with Crippen molar-refractivity contribution in [3.05, 3.63) is 89.2 Å². The molecule has 1 aliphatic rings.